The van der Waals surface area contributed by atoms with Crippen LogP contribution >= 0.6 is 12.2 Å². The molecule has 0 saturated carbocycles. The molecule has 0 fully saturated rings. The van der Waals surface area contributed by atoms with E-state index in [1.165, 1.54) is 0 Å². The fourth-order valence-electron chi connectivity index (χ4n) is 0.901. The molecule has 0 bridgehead atoms. The first-order valence-electron chi connectivity index (χ1n) is 4.50. The molecule has 0 rings (SSSR count). The number of nitrogens with zero attached hydrogens (tertiary/aromatic N) is 2. The lowest BCUT2D eigenvalue weighted by Gasteiger charge is -2.21. The lowest BCUT2D eigenvalue weighted by Crippen LogP contribution is -2.39. The van der Waals surface area contributed by atoms with Gasteiger partial charge in [-0.15, -0.1) is 0 Å². The van der Waals surface area contributed by atoms with E-state index < -0.39 is 0 Å². The standard InChI is InChI=1S/C9H17N3S/c1-4-5-11-9(13)12(3)7-8(2)6-10/h8H,4-5,7H2,1-3H3,(H,11,13). The maximum Gasteiger partial charge on any atom is 0.168 e. The summed E-state index contributed by atoms with van der Waals surface area (Å²) in [5.74, 6) is 0.0198. The van der Waals surface area contributed by atoms with Crippen molar-refractivity contribution in [1.29, 1.82) is 5.26 Å². The van der Waals surface area contributed by atoms with Gasteiger partial charge in [-0.3, -0.25) is 0 Å². The Bertz CT molecular complexity index is 198. The van der Waals surface area contributed by atoms with Gasteiger partial charge in [-0.2, -0.15) is 5.26 Å². The number of thiocarbonyl (C=S) groups is 1. The van der Waals surface area contributed by atoms with Gasteiger partial charge in [-0.05, 0) is 25.6 Å². The smallest absolute Gasteiger partial charge is 0.168 e. The van der Waals surface area contributed by atoms with Gasteiger partial charge in [0, 0.05) is 20.1 Å². The first kappa shape index (κ1) is 12.2. The lowest BCUT2D eigenvalue weighted by molar-refractivity contribution is 0.447. The van der Waals surface area contributed by atoms with Crippen molar-refractivity contribution in [2.45, 2.75) is 20.3 Å². The second-order valence-corrected chi connectivity index (χ2v) is 3.53. The summed E-state index contributed by atoms with van der Waals surface area (Å²) in [6.45, 7) is 5.56. The fourth-order valence-corrected chi connectivity index (χ4v) is 1.08. The van der Waals surface area contributed by atoms with E-state index in [4.69, 9.17) is 17.5 Å². The van der Waals surface area contributed by atoms with E-state index in [1.807, 2.05) is 18.9 Å². The molecule has 0 aliphatic rings. The molecule has 3 nitrogen and oxygen atoms in total. The molecule has 4 heteroatoms. The summed E-state index contributed by atoms with van der Waals surface area (Å²) in [6.07, 6.45) is 1.06. The van der Waals surface area contributed by atoms with E-state index in [1.54, 1.807) is 0 Å². The highest BCUT2D eigenvalue weighted by atomic mass is 32.1. The third kappa shape index (κ3) is 5.42. The highest BCUT2D eigenvalue weighted by molar-refractivity contribution is 7.80. The number of nitriles is 1. The molecule has 13 heavy (non-hydrogen) atoms. The van der Waals surface area contributed by atoms with Crippen molar-refractivity contribution >= 4 is 17.3 Å². The van der Waals surface area contributed by atoms with Gasteiger partial charge in [0.25, 0.3) is 0 Å². The molecule has 1 N–H and O–H groups in total. The van der Waals surface area contributed by atoms with Gasteiger partial charge in [0.05, 0.1) is 12.0 Å². The van der Waals surface area contributed by atoms with Crippen LogP contribution in [-0.4, -0.2) is 30.1 Å². The summed E-state index contributed by atoms with van der Waals surface area (Å²) in [7, 11) is 1.90. The van der Waals surface area contributed by atoms with Crippen molar-refractivity contribution in [3.05, 3.63) is 0 Å². The summed E-state index contributed by atoms with van der Waals surface area (Å²) >= 11 is 5.11. The Hall–Kier alpha value is -0.820. The predicted octanol–water partition coefficient (Wildman–Crippen LogP) is 1.36. The molecule has 0 amide bonds. The Morgan fingerprint density at radius 3 is 2.77 bits per heavy atom. The van der Waals surface area contributed by atoms with Gasteiger partial charge in [0.2, 0.25) is 0 Å². The molecular formula is C9H17N3S. The molecule has 0 aromatic heterocycles. The maximum atomic E-state index is 8.60. The van der Waals surface area contributed by atoms with E-state index in [0.717, 1.165) is 18.1 Å². The minimum atomic E-state index is 0.0198. The van der Waals surface area contributed by atoms with Gasteiger partial charge in [0.1, 0.15) is 0 Å². The first-order valence-corrected chi connectivity index (χ1v) is 4.91. The molecule has 0 aliphatic heterocycles. The van der Waals surface area contributed by atoms with Crippen LogP contribution in [0.2, 0.25) is 0 Å². The molecule has 0 heterocycles. The largest absolute Gasteiger partial charge is 0.363 e. The first-order chi connectivity index (χ1) is 6.11. The Morgan fingerprint density at radius 2 is 2.31 bits per heavy atom. The summed E-state index contributed by atoms with van der Waals surface area (Å²) in [5, 5.41) is 12.4. The molecule has 74 valence electrons. The zero-order valence-electron chi connectivity index (χ0n) is 8.50. The molecule has 0 spiro atoms. The van der Waals surface area contributed by atoms with Gasteiger partial charge in [-0.25, -0.2) is 0 Å². The van der Waals surface area contributed by atoms with Crippen LogP contribution in [0.5, 0.6) is 0 Å². The van der Waals surface area contributed by atoms with E-state index in [2.05, 4.69) is 18.3 Å². The lowest BCUT2D eigenvalue weighted by atomic mass is 10.2. The van der Waals surface area contributed by atoms with Crippen molar-refractivity contribution in [2.24, 2.45) is 5.92 Å². The third-order valence-corrected chi connectivity index (χ3v) is 2.10. The van der Waals surface area contributed by atoms with Crippen molar-refractivity contribution < 1.29 is 0 Å². The molecule has 0 aromatic rings. The second-order valence-electron chi connectivity index (χ2n) is 3.14. The van der Waals surface area contributed by atoms with Crippen LogP contribution in [0.3, 0.4) is 0 Å². The summed E-state index contributed by atoms with van der Waals surface area (Å²) in [5.41, 5.74) is 0. The van der Waals surface area contributed by atoms with Crippen LogP contribution in [0.1, 0.15) is 20.3 Å². The normalized spacial score (nSPS) is 11.5. The Balaban J connectivity index is 3.77. The fraction of sp³-hybridized carbons (Fsp3) is 0.778. The molecule has 0 radical (unpaired) electrons. The zero-order chi connectivity index (χ0) is 10.3. The van der Waals surface area contributed by atoms with Crippen LogP contribution in [0.15, 0.2) is 0 Å². The van der Waals surface area contributed by atoms with Crippen LogP contribution < -0.4 is 5.32 Å². The van der Waals surface area contributed by atoms with Crippen molar-refractivity contribution in [3.63, 3.8) is 0 Å². The van der Waals surface area contributed by atoms with Crippen molar-refractivity contribution in [1.82, 2.24) is 10.2 Å². The van der Waals surface area contributed by atoms with Gasteiger partial charge in [-0.1, -0.05) is 6.92 Å². The Labute approximate surface area is 85.7 Å². The highest BCUT2D eigenvalue weighted by Gasteiger charge is 2.07. The summed E-state index contributed by atoms with van der Waals surface area (Å²) in [4.78, 5) is 1.90. The minimum absolute atomic E-state index is 0.0198. The van der Waals surface area contributed by atoms with Crippen LogP contribution in [0.4, 0.5) is 0 Å². The Kier molecular flexibility index (Phi) is 6.25. The predicted molar refractivity (Wildman–Crippen MR) is 58.3 cm³/mol. The van der Waals surface area contributed by atoms with E-state index in [9.17, 15) is 0 Å². The van der Waals surface area contributed by atoms with Gasteiger partial charge < -0.3 is 10.2 Å². The third-order valence-electron chi connectivity index (χ3n) is 1.64. The number of hydrogen-bond donors (Lipinski definition) is 1. The molecule has 1 atom stereocenters. The van der Waals surface area contributed by atoms with E-state index in [0.29, 0.717) is 6.54 Å². The molecule has 0 saturated heterocycles. The summed E-state index contributed by atoms with van der Waals surface area (Å²) in [6, 6.07) is 2.18. The molecule has 1 unspecified atom stereocenters. The van der Waals surface area contributed by atoms with Gasteiger partial charge >= 0.3 is 0 Å². The number of rotatable bonds is 4. The van der Waals surface area contributed by atoms with Crippen LogP contribution in [0.25, 0.3) is 0 Å². The monoisotopic (exact) mass is 199 g/mol. The quantitative estimate of drug-likeness (QED) is 0.694. The highest BCUT2D eigenvalue weighted by Crippen LogP contribution is 1.96. The van der Waals surface area contributed by atoms with Crippen molar-refractivity contribution in [2.75, 3.05) is 20.1 Å². The van der Waals surface area contributed by atoms with Crippen LogP contribution in [0, 0.1) is 17.2 Å². The molecule has 0 aliphatic carbocycles. The second kappa shape index (κ2) is 6.67. The molecular weight excluding hydrogens is 182 g/mol. The number of nitrogens with one attached hydrogen (secondary N) is 1. The topological polar surface area (TPSA) is 39.1 Å². The zero-order valence-corrected chi connectivity index (χ0v) is 9.32. The van der Waals surface area contributed by atoms with E-state index >= 15 is 0 Å². The van der Waals surface area contributed by atoms with Gasteiger partial charge in [0.15, 0.2) is 5.11 Å². The summed E-state index contributed by atoms with van der Waals surface area (Å²) < 4.78 is 0. The maximum absolute atomic E-state index is 8.60. The number of hydrogen-bond acceptors (Lipinski definition) is 2. The average molecular weight is 199 g/mol. The molecule has 0 aromatic carbocycles. The van der Waals surface area contributed by atoms with Crippen molar-refractivity contribution in [3.8, 4) is 6.07 Å². The Morgan fingerprint density at radius 1 is 1.69 bits per heavy atom. The average Bonchev–Trinajstić information content (AvgIpc) is 2.13. The van der Waals surface area contributed by atoms with E-state index in [-0.39, 0.29) is 5.92 Å². The SMILES string of the molecule is CCCNC(=S)N(C)CC(C)C#N. The minimum Gasteiger partial charge on any atom is -0.363 e. The van der Waals surface area contributed by atoms with Crippen LogP contribution in [-0.2, 0) is 0 Å².